The first-order valence-electron chi connectivity index (χ1n) is 4.72. The van der Waals surface area contributed by atoms with E-state index in [0.717, 1.165) is 0 Å². The van der Waals surface area contributed by atoms with Crippen LogP contribution in [0.3, 0.4) is 0 Å². The van der Waals surface area contributed by atoms with Gasteiger partial charge in [0.25, 0.3) is 5.56 Å². The smallest absolute Gasteiger partial charge is 0.256 e. The van der Waals surface area contributed by atoms with Crippen molar-refractivity contribution >= 4 is 23.2 Å². The van der Waals surface area contributed by atoms with Crippen molar-refractivity contribution in [3.63, 3.8) is 0 Å². The quantitative estimate of drug-likeness (QED) is 0.691. The number of carbonyl (C=O) groups is 1. The molecule has 0 unspecified atom stereocenters. The highest BCUT2D eigenvalue weighted by atomic mass is 32.1. The van der Waals surface area contributed by atoms with E-state index in [1.54, 1.807) is 25.1 Å². The summed E-state index contributed by atoms with van der Waals surface area (Å²) in [5, 5.41) is 0.149. The lowest BCUT2D eigenvalue weighted by atomic mass is 10.5. The lowest BCUT2D eigenvalue weighted by Crippen LogP contribution is -2.38. The zero-order valence-electron chi connectivity index (χ0n) is 9.08. The summed E-state index contributed by atoms with van der Waals surface area (Å²) < 4.78 is 1.25. The Bertz CT molecular complexity index is 491. The predicted octanol–water partition coefficient (Wildman–Crippen LogP) is 1.36. The molecule has 84 valence electrons. The molecule has 0 radical (unpaired) electrons. The molecule has 0 saturated heterocycles. The monoisotopic (exact) mass is 236 g/mol. The molecule has 5 heteroatoms. The van der Waals surface area contributed by atoms with Crippen LogP contribution in [0.25, 0.3) is 0 Å². The second kappa shape index (κ2) is 5.37. The highest BCUT2D eigenvalue weighted by Crippen LogP contribution is 1.97. The van der Waals surface area contributed by atoms with Crippen molar-refractivity contribution in [2.24, 2.45) is 0 Å². The van der Waals surface area contributed by atoms with E-state index in [4.69, 9.17) is 12.2 Å². The van der Waals surface area contributed by atoms with Crippen molar-refractivity contribution in [3.8, 4) is 0 Å². The van der Waals surface area contributed by atoms with Crippen molar-refractivity contribution in [2.75, 3.05) is 0 Å². The second-order valence-corrected chi connectivity index (χ2v) is 3.43. The Hall–Kier alpha value is -1.75. The molecule has 0 aliphatic rings. The summed E-state index contributed by atoms with van der Waals surface area (Å²) in [6, 6.07) is 4.69. The molecule has 1 aromatic heterocycles. The largest absolute Gasteiger partial charge is 0.274 e. The van der Waals surface area contributed by atoms with Crippen LogP contribution >= 0.6 is 12.2 Å². The van der Waals surface area contributed by atoms with E-state index >= 15 is 0 Å². The molecule has 0 atom stereocenters. The summed E-state index contributed by atoms with van der Waals surface area (Å²) in [4.78, 5) is 24.1. The molecule has 1 heterocycles. The maximum atomic E-state index is 11.5. The number of carbonyl (C=O) groups excluding carboxylic acids is 1. The van der Waals surface area contributed by atoms with Crippen molar-refractivity contribution in [3.05, 3.63) is 47.0 Å². The molecule has 0 aliphatic carbocycles. The molecule has 0 fully saturated rings. The fourth-order valence-corrected chi connectivity index (χ4v) is 1.49. The number of pyridine rings is 1. The van der Waals surface area contributed by atoms with Crippen LogP contribution in [-0.2, 0) is 4.79 Å². The van der Waals surface area contributed by atoms with E-state index in [1.807, 2.05) is 0 Å². The van der Waals surface area contributed by atoms with Gasteiger partial charge in [-0.25, -0.2) is 0 Å². The minimum Gasteiger partial charge on any atom is -0.274 e. The molecule has 16 heavy (non-hydrogen) atoms. The highest BCUT2D eigenvalue weighted by molar-refractivity contribution is 7.80. The Morgan fingerprint density at radius 1 is 1.50 bits per heavy atom. The molecule has 1 amide bonds. The van der Waals surface area contributed by atoms with Crippen LogP contribution in [0.1, 0.15) is 13.8 Å². The predicted molar refractivity (Wildman–Crippen MR) is 66.0 cm³/mol. The van der Waals surface area contributed by atoms with Gasteiger partial charge in [0, 0.05) is 25.4 Å². The minimum absolute atomic E-state index is 0.149. The van der Waals surface area contributed by atoms with Crippen molar-refractivity contribution in [1.82, 2.24) is 9.47 Å². The number of allylic oxidation sites excluding steroid dienone is 1. The summed E-state index contributed by atoms with van der Waals surface area (Å²) in [6.07, 6.45) is 4.75. The Labute approximate surface area is 98.8 Å². The number of nitrogens with zero attached hydrogens (tertiary/aromatic N) is 2. The van der Waals surface area contributed by atoms with Gasteiger partial charge in [0.15, 0.2) is 5.11 Å². The Morgan fingerprint density at radius 2 is 2.19 bits per heavy atom. The average molecular weight is 236 g/mol. The summed E-state index contributed by atoms with van der Waals surface area (Å²) in [7, 11) is 0. The molecule has 0 saturated carbocycles. The number of aromatic nitrogens is 1. The first kappa shape index (κ1) is 12.3. The maximum absolute atomic E-state index is 11.5. The molecular formula is C11H12N2O2S. The Balaban J connectivity index is 3.14. The van der Waals surface area contributed by atoms with Gasteiger partial charge in [0.05, 0.1) is 0 Å². The van der Waals surface area contributed by atoms with Crippen LogP contribution in [-0.4, -0.2) is 20.5 Å². The van der Waals surface area contributed by atoms with Crippen molar-refractivity contribution < 1.29 is 4.79 Å². The van der Waals surface area contributed by atoms with Gasteiger partial charge in [-0.05, 0) is 25.2 Å². The first-order chi connectivity index (χ1) is 7.57. The second-order valence-electron chi connectivity index (χ2n) is 3.06. The molecule has 4 nitrogen and oxygen atoms in total. The van der Waals surface area contributed by atoms with Gasteiger partial charge < -0.3 is 0 Å². The van der Waals surface area contributed by atoms with Crippen molar-refractivity contribution in [2.45, 2.75) is 13.8 Å². The van der Waals surface area contributed by atoms with Crippen LogP contribution in [0.2, 0.25) is 0 Å². The number of hydrogen-bond acceptors (Lipinski definition) is 3. The fraction of sp³-hybridized carbons (Fsp3) is 0.182. The average Bonchev–Trinajstić information content (AvgIpc) is 2.25. The SMILES string of the molecule is CC=CN(C(C)=O)C(=S)n1ccccc1=O. The molecular weight excluding hydrogens is 224 g/mol. The van der Waals surface area contributed by atoms with Gasteiger partial charge in [-0.1, -0.05) is 12.1 Å². The Kier molecular flexibility index (Phi) is 4.13. The van der Waals surface area contributed by atoms with E-state index in [1.165, 1.54) is 34.9 Å². The third kappa shape index (κ3) is 2.64. The van der Waals surface area contributed by atoms with E-state index < -0.39 is 0 Å². The van der Waals surface area contributed by atoms with E-state index in [-0.39, 0.29) is 16.6 Å². The normalized spacial score (nSPS) is 10.4. The minimum atomic E-state index is -0.261. The number of rotatable bonds is 1. The summed E-state index contributed by atoms with van der Waals surface area (Å²) in [5.41, 5.74) is -0.261. The van der Waals surface area contributed by atoms with Gasteiger partial charge in [-0.3, -0.25) is 19.1 Å². The number of hydrogen-bond donors (Lipinski definition) is 0. The molecule has 0 aliphatic heterocycles. The molecule has 1 aromatic rings. The molecule has 1 rings (SSSR count). The first-order valence-corrected chi connectivity index (χ1v) is 5.13. The number of amides is 1. The van der Waals surface area contributed by atoms with Gasteiger partial charge >= 0.3 is 0 Å². The van der Waals surface area contributed by atoms with Crippen LogP contribution in [0.5, 0.6) is 0 Å². The van der Waals surface area contributed by atoms with Crippen LogP contribution in [0.15, 0.2) is 41.5 Å². The maximum Gasteiger partial charge on any atom is 0.256 e. The number of thiocarbonyl (C=S) groups is 1. The van der Waals surface area contributed by atoms with Crippen LogP contribution < -0.4 is 5.56 Å². The lowest BCUT2D eigenvalue weighted by molar-refractivity contribution is -0.123. The molecule has 0 aromatic carbocycles. The summed E-state index contributed by atoms with van der Waals surface area (Å²) in [6.45, 7) is 3.16. The summed E-state index contributed by atoms with van der Waals surface area (Å²) >= 11 is 5.09. The molecule has 0 spiro atoms. The van der Waals surface area contributed by atoms with Gasteiger partial charge in [-0.15, -0.1) is 0 Å². The van der Waals surface area contributed by atoms with Gasteiger partial charge in [-0.2, -0.15) is 0 Å². The van der Waals surface area contributed by atoms with Crippen LogP contribution in [0.4, 0.5) is 0 Å². The third-order valence-corrected chi connectivity index (χ3v) is 2.27. The Morgan fingerprint density at radius 3 is 2.69 bits per heavy atom. The van der Waals surface area contributed by atoms with Gasteiger partial charge in [0.2, 0.25) is 5.91 Å². The zero-order valence-corrected chi connectivity index (χ0v) is 9.90. The third-order valence-electron chi connectivity index (χ3n) is 1.87. The summed E-state index contributed by atoms with van der Waals surface area (Å²) in [5.74, 6) is -0.237. The molecule has 0 bridgehead atoms. The van der Waals surface area contributed by atoms with E-state index in [2.05, 4.69) is 0 Å². The van der Waals surface area contributed by atoms with Crippen LogP contribution in [0, 0.1) is 0 Å². The van der Waals surface area contributed by atoms with E-state index in [9.17, 15) is 9.59 Å². The lowest BCUT2D eigenvalue weighted by Gasteiger charge is -2.18. The topological polar surface area (TPSA) is 42.3 Å². The zero-order chi connectivity index (χ0) is 12.1. The van der Waals surface area contributed by atoms with E-state index in [0.29, 0.717) is 0 Å². The standard InChI is InChI=1S/C11H12N2O2S/c1-3-7-12(9(2)14)11(16)13-8-5-4-6-10(13)15/h3-8H,1-2H3. The van der Waals surface area contributed by atoms with Crippen molar-refractivity contribution in [1.29, 1.82) is 0 Å². The fourth-order valence-electron chi connectivity index (χ4n) is 1.15. The molecule has 0 N–H and O–H groups in total. The van der Waals surface area contributed by atoms with Gasteiger partial charge in [0.1, 0.15) is 0 Å². The highest BCUT2D eigenvalue weighted by Gasteiger charge is 2.13.